The smallest absolute Gasteiger partial charge is 0.317 e. The van der Waals surface area contributed by atoms with Crippen molar-refractivity contribution in [1.82, 2.24) is 15.1 Å². The van der Waals surface area contributed by atoms with E-state index < -0.39 is 0 Å². The van der Waals surface area contributed by atoms with Crippen molar-refractivity contribution in [3.8, 4) is 11.5 Å². The van der Waals surface area contributed by atoms with Crippen LogP contribution in [0.15, 0.2) is 48.5 Å². The van der Waals surface area contributed by atoms with E-state index in [0.29, 0.717) is 25.4 Å². The van der Waals surface area contributed by atoms with Crippen LogP contribution in [-0.4, -0.2) is 68.3 Å². The summed E-state index contributed by atoms with van der Waals surface area (Å²) in [5.41, 5.74) is 1.28. The molecule has 3 rings (SSSR count). The molecular weight excluding hydrogens is 385 g/mol. The van der Waals surface area contributed by atoms with Gasteiger partial charge in [-0.2, -0.15) is 0 Å². The van der Waals surface area contributed by atoms with E-state index in [-0.39, 0.29) is 17.9 Å². The van der Waals surface area contributed by atoms with Gasteiger partial charge in [0.25, 0.3) is 0 Å². The number of carbonyl (C=O) groups is 1. The molecule has 1 aliphatic rings. The number of benzene rings is 2. The third-order valence-electron chi connectivity index (χ3n) is 5.22. The highest BCUT2D eigenvalue weighted by molar-refractivity contribution is 5.74. The summed E-state index contributed by atoms with van der Waals surface area (Å²) in [6.07, 6.45) is 0.980. The van der Waals surface area contributed by atoms with Gasteiger partial charge in [-0.05, 0) is 55.3 Å². The highest BCUT2D eigenvalue weighted by Gasteiger charge is 2.22. The molecule has 0 aromatic heterocycles. The Bertz CT molecular complexity index is 790. The molecule has 7 heteroatoms. The zero-order chi connectivity index (χ0) is 21.3. The molecule has 0 radical (unpaired) electrons. The molecule has 0 bridgehead atoms. The van der Waals surface area contributed by atoms with Gasteiger partial charge < -0.3 is 19.7 Å². The summed E-state index contributed by atoms with van der Waals surface area (Å²) in [7, 11) is 1.67. The van der Waals surface area contributed by atoms with Crippen LogP contribution in [0.2, 0.25) is 0 Å². The first-order valence-electron chi connectivity index (χ1n) is 10.3. The SMILES string of the molecule is COc1ccc(CCN2CCN(C(=O)NC(C)COc3ccc(F)cc3)CC2)cc1. The summed E-state index contributed by atoms with van der Waals surface area (Å²) in [6.45, 7) is 6.35. The summed E-state index contributed by atoms with van der Waals surface area (Å²) < 4.78 is 23.7. The summed E-state index contributed by atoms with van der Waals surface area (Å²) >= 11 is 0. The second-order valence-electron chi connectivity index (χ2n) is 7.54. The Balaban J connectivity index is 1.34. The van der Waals surface area contributed by atoms with Crippen molar-refractivity contribution >= 4 is 6.03 Å². The number of methoxy groups -OCH3 is 1. The third-order valence-corrected chi connectivity index (χ3v) is 5.22. The van der Waals surface area contributed by atoms with Crippen LogP contribution in [0.3, 0.4) is 0 Å². The van der Waals surface area contributed by atoms with Crippen LogP contribution in [0.5, 0.6) is 11.5 Å². The van der Waals surface area contributed by atoms with Gasteiger partial charge in [0.05, 0.1) is 13.2 Å². The standard InChI is InChI=1S/C23H30FN3O3/c1-18(17-30-22-9-5-20(24)6-10-22)25-23(28)27-15-13-26(14-16-27)12-11-19-3-7-21(29-2)8-4-19/h3-10,18H,11-17H2,1-2H3,(H,25,28). The van der Waals surface area contributed by atoms with Crippen molar-refractivity contribution in [2.45, 2.75) is 19.4 Å². The number of hydrogen-bond acceptors (Lipinski definition) is 4. The highest BCUT2D eigenvalue weighted by atomic mass is 19.1. The molecule has 162 valence electrons. The zero-order valence-electron chi connectivity index (χ0n) is 17.6. The molecule has 1 N–H and O–H groups in total. The van der Waals surface area contributed by atoms with Gasteiger partial charge in [-0.3, -0.25) is 4.90 Å². The predicted octanol–water partition coefficient (Wildman–Crippen LogP) is 3.17. The van der Waals surface area contributed by atoms with E-state index >= 15 is 0 Å². The van der Waals surface area contributed by atoms with Gasteiger partial charge in [0, 0.05) is 32.7 Å². The second-order valence-corrected chi connectivity index (χ2v) is 7.54. The van der Waals surface area contributed by atoms with E-state index in [0.717, 1.165) is 31.8 Å². The lowest BCUT2D eigenvalue weighted by atomic mass is 10.1. The molecule has 30 heavy (non-hydrogen) atoms. The first kappa shape index (κ1) is 21.9. The number of halogens is 1. The fraction of sp³-hybridized carbons (Fsp3) is 0.435. The Kier molecular flexibility index (Phi) is 7.90. The minimum Gasteiger partial charge on any atom is -0.497 e. The molecule has 0 aliphatic carbocycles. The molecule has 1 aliphatic heterocycles. The van der Waals surface area contributed by atoms with Gasteiger partial charge >= 0.3 is 6.03 Å². The van der Waals surface area contributed by atoms with Gasteiger partial charge in [-0.1, -0.05) is 12.1 Å². The number of ether oxygens (including phenoxy) is 2. The molecule has 2 aromatic carbocycles. The average Bonchev–Trinajstić information content (AvgIpc) is 2.78. The first-order valence-corrected chi connectivity index (χ1v) is 10.3. The molecule has 0 spiro atoms. The van der Waals surface area contributed by atoms with Crippen LogP contribution in [0.4, 0.5) is 9.18 Å². The van der Waals surface area contributed by atoms with Gasteiger partial charge in [0.1, 0.15) is 23.9 Å². The normalized spacial score (nSPS) is 15.5. The summed E-state index contributed by atoms with van der Waals surface area (Å²) in [4.78, 5) is 16.7. The molecule has 1 heterocycles. The molecule has 1 unspecified atom stereocenters. The Hall–Kier alpha value is -2.80. The lowest BCUT2D eigenvalue weighted by Gasteiger charge is -2.35. The van der Waals surface area contributed by atoms with Gasteiger partial charge in [-0.15, -0.1) is 0 Å². The van der Waals surface area contributed by atoms with Crippen LogP contribution in [-0.2, 0) is 6.42 Å². The second kappa shape index (κ2) is 10.8. The van der Waals surface area contributed by atoms with Crippen LogP contribution in [0.1, 0.15) is 12.5 Å². The van der Waals surface area contributed by atoms with E-state index in [1.807, 2.05) is 24.0 Å². The molecule has 1 saturated heterocycles. The van der Waals surface area contributed by atoms with Crippen molar-refractivity contribution in [1.29, 1.82) is 0 Å². The van der Waals surface area contributed by atoms with Crippen molar-refractivity contribution in [2.75, 3.05) is 46.4 Å². The Labute approximate surface area is 177 Å². The maximum absolute atomic E-state index is 12.9. The van der Waals surface area contributed by atoms with Crippen molar-refractivity contribution in [3.63, 3.8) is 0 Å². The monoisotopic (exact) mass is 415 g/mol. The maximum Gasteiger partial charge on any atom is 0.317 e. The number of nitrogens with one attached hydrogen (secondary N) is 1. The molecule has 6 nitrogen and oxygen atoms in total. The van der Waals surface area contributed by atoms with E-state index in [4.69, 9.17) is 9.47 Å². The number of carbonyl (C=O) groups excluding carboxylic acids is 1. The minimum atomic E-state index is -0.299. The quantitative estimate of drug-likeness (QED) is 0.720. The van der Waals surface area contributed by atoms with Crippen LogP contribution in [0, 0.1) is 5.82 Å². The summed E-state index contributed by atoms with van der Waals surface area (Å²) in [5, 5.41) is 2.97. The van der Waals surface area contributed by atoms with Crippen molar-refractivity contribution in [2.24, 2.45) is 0 Å². The number of nitrogens with zero attached hydrogens (tertiary/aromatic N) is 2. The van der Waals surface area contributed by atoms with Crippen LogP contribution < -0.4 is 14.8 Å². The summed E-state index contributed by atoms with van der Waals surface area (Å²) in [5.74, 6) is 1.16. The number of rotatable bonds is 8. The number of hydrogen-bond donors (Lipinski definition) is 1. The number of urea groups is 1. The molecule has 2 aromatic rings. The van der Waals surface area contributed by atoms with Crippen molar-refractivity contribution < 1.29 is 18.7 Å². The molecule has 1 atom stereocenters. The summed E-state index contributed by atoms with van der Waals surface area (Å²) in [6, 6.07) is 13.8. The van der Waals surface area contributed by atoms with E-state index in [9.17, 15) is 9.18 Å². The fourth-order valence-electron chi connectivity index (χ4n) is 3.35. The van der Waals surface area contributed by atoms with Crippen LogP contribution >= 0.6 is 0 Å². The van der Waals surface area contributed by atoms with E-state index in [1.54, 1.807) is 19.2 Å². The lowest BCUT2D eigenvalue weighted by molar-refractivity contribution is 0.136. The third kappa shape index (κ3) is 6.62. The van der Waals surface area contributed by atoms with Crippen molar-refractivity contribution in [3.05, 3.63) is 59.9 Å². The van der Waals surface area contributed by atoms with E-state index in [2.05, 4.69) is 22.3 Å². The fourth-order valence-corrected chi connectivity index (χ4v) is 3.35. The van der Waals surface area contributed by atoms with Crippen LogP contribution in [0.25, 0.3) is 0 Å². The first-order chi connectivity index (χ1) is 14.5. The minimum absolute atomic E-state index is 0.0694. The maximum atomic E-state index is 12.9. The topological polar surface area (TPSA) is 54.0 Å². The number of piperazine rings is 1. The van der Waals surface area contributed by atoms with Gasteiger partial charge in [0.2, 0.25) is 0 Å². The van der Waals surface area contributed by atoms with Gasteiger partial charge in [-0.25, -0.2) is 9.18 Å². The largest absolute Gasteiger partial charge is 0.497 e. The average molecular weight is 416 g/mol. The Morgan fingerprint density at radius 1 is 1.03 bits per heavy atom. The zero-order valence-corrected chi connectivity index (χ0v) is 17.6. The molecule has 1 fully saturated rings. The molecule has 0 saturated carbocycles. The molecular formula is C23H30FN3O3. The lowest BCUT2D eigenvalue weighted by Crippen LogP contribution is -2.54. The molecule has 2 amide bonds. The van der Waals surface area contributed by atoms with Gasteiger partial charge in [0.15, 0.2) is 0 Å². The number of amides is 2. The Morgan fingerprint density at radius 3 is 2.30 bits per heavy atom. The Morgan fingerprint density at radius 2 is 1.67 bits per heavy atom. The predicted molar refractivity (Wildman–Crippen MR) is 115 cm³/mol. The highest BCUT2D eigenvalue weighted by Crippen LogP contribution is 2.13. The van der Waals surface area contributed by atoms with E-state index in [1.165, 1.54) is 17.7 Å².